The molecule has 1 aromatic carbocycles. The van der Waals surface area contributed by atoms with E-state index in [9.17, 15) is 9.59 Å². The Kier molecular flexibility index (Phi) is 3.74. The van der Waals surface area contributed by atoms with Crippen molar-refractivity contribution < 1.29 is 4.79 Å². The molecule has 0 bridgehead atoms. The minimum atomic E-state index is -0.179. The number of aromatic nitrogens is 2. The molecule has 0 aliphatic rings. The summed E-state index contributed by atoms with van der Waals surface area (Å²) in [7, 11) is 6.71. The number of benzene rings is 1. The summed E-state index contributed by atoms with van der Waals surface area (Å²) in [6.07, 6.45) is 0. The molecule has 0 saturated heterocycles. The lowest BCUT2D eigenvalue weighted by atomic mass is 10.2. The van der Waals surface area contributed by atoms with Gasteiger partial charge in [-0.05, 0) is 12.1 Å². The van der Waals surface area contributed by atoms with Crippen LogP contribution in [0.25, 0.3) is 11.0 Å². The van der Waals surface area contributed by atoms with Crippen LogP contribution in [0.1, 0.15) is 5.69 Å². The van der Waals surface area contributed by atoms with Crippen molar-refractivity contribution in [2.24, 2.45) is 7.05 Å². The van der Waals surface area contributed by atoms with Crippen molar-refractivity contribution in [3.63, 3.8) is 0 Å². The maximum atomic E-state index is 12.3. The summed E-state index contributed by atoms with van der Waals surface area (Å²) in [4.78, 5) is 31.4. The Morgan fingerprint density at radius 3 is 2.55 bits per heavy atom. The van der Waals surface area contributed by atoms with E-state index in [0.29, 0.717) is 5.69 Å². The average molecular weight is 274 g/mol. The molecule has 2 amide bonds. The van der Waals surface area contributed by atoms with Crippen molar-refractivity contribution in [1.29, 1.82) is 0 Å². The monoisotopic (exact) mass is 274 g/mol. The van der Waals surface area contributed by atoms with Crippen molar-refractivity contribution in [2.75, 3.05) is 21.1 Å². The second-order valence-electron chi connectivity index (χ2n) is 4.94. The van der Waals surface area contributed by atoms with Gasteiger partial charge in [0, 0.05) is 28.2 Å². The molecule has 106 valence electrons. The normalized spacial score (nSPS) is 10.6. The van der Waals surface area contributed by atoms with Gasteiger partial charge in [-0.25, -0.2) is 9.78 Å². The summed E-state index contributed by atoms with van der Waals surface area (Å²) >= 11 is 0. The summed E-state index contributed by atoms with van der Waals surface area (Å²) in [5.74, 6) is 0. The van der Waals surface area contributed by atoms with Gasteiger partial charge in [0.1, 0.15) is 5.69 Å². The Balaban J connectivity index is 2.43. The third kappa shape index (κ3) is 2.49. The molecule has 1 heterocycles. The fraction of sp³-hybridized carbons (Fsp3) is 0.357. The lowest BCUT2D eigenvalue weighted by molar-refractivity contribution is 0.179. The lowest BCUT2D eigenvalue weighted by Gasteiger charge is -2.21. The van der Waals surface area contributed by atoms with Gasteiger partial charge in [-0.15, -0.1) is 0 Å². The second-order valence-corrected chi connectivity index (χ2v) is 4.94. The average Bonchev–Trinajstić information content (AvgIpc) is 2.43. The highest BCUT2D eigenvalue weighted by Crippen LogP contribution is 2.09. The van der Waals surface area contributed by atoms with Gasteiger partial charge in [-0.2, -0.15) is 0 Å². The Bertz CT molecular complexity index is 706. The number of hydrogen-bond donors (Lipinski definition) is 0. The van der Waals surface area contributed by atoms with Gasteiger partial charge in [-0.1, -0.05) is 12.1 Å². The fourth-order valence-electron chi connectivity index (χ4n) is 2.08. The summed E-state index contributed by atoms with van der Waals surface area (Å²) < 4.78 is 1.56. The van der Waals surface area contributed by atoms with Crippen LogP contribution in [0.2, 0.25) is 0 Å². The first-order chi connectivity index (χ1) is 9.41. The number of aryl methyl sites for hydroxylation is 1. The van der Waals surface area contributed by atoms with Gasteiger partial charge in [0.25, 0.3) is 5.56 Å². The number of amides is 2. The van der Waals surface area contributed by atoms with Crippen LogP contribution in [-0.2, 0) is 13.6 Å². The molecule has 0 radical (unpaired) electrons. The number of hydrogen-bond acceptors (Lipinski definition) is 3. The van der Waals surface area contributed by atoms with Crippen LogP contribution in [0.4, 0.5) is 4.79 Å². The molecule has 0 fully saturated rings. The first kappa shape index (κ1) is 14.0. The molecule has 0 atom stereocenters. The Labute approximate surface area is 117 Å². The molecule has 0 saturated carbocycles. The smallest absolute Gasteiger partial charge is 0.319 e. The van der Waals surface area contributed by atoms with Crippen LogP contribution in [-0.4, -0.2) is 46.5 Å². The predicted octanol–water partition coefficient (Wildman–Crippen LogP) is 1.05. The first-order valence-electron chi connectivity index (χ1n) is 6.29. The minimum absolute atomic E-state index is 0.165. The van der Waals surface area contributed by atoms with Gasteiger partial charge in [0.15, 0.2) is 0 Å². The molecule has 6 heteroatoms. The zero-order valence-electron chi connectivity index (χ0n) is 12.1. The Morgan fingerprint density at radius 1 is 1.25 bits per heavy atom. The molecule has 0 aliphatic carbocycles. The number of nitrogens with zero attached hydrogens (tertiary/aromatic N) is 4. The quantitative estimate of drug-likeness (QED) is 0.822. The Morgan fingerprint density at radius 2 is 1.90 bits per heavy atom. The molecule has 2 aromatic rings. The zero-order valence-corrected chi connectivity index (χ0v) is 12.1. The van der Waals surface area contributed by atoms with Crippen LogP contribution in [0.3, 0.4) is 0 Å². The SMILES string of the molecule is CN(C)C(=O)N(C)Cc1nc2ccccc2n(C)c1=O. The Hall–Kier alpha value is -2.37. The second kappa shape index (κ2) is 5.32. The van der Waals surface area contributed by atoms with E-state index in [4.69, 9.17) is 0 Å². The number of urea groups is 1. The van der Waals surface area contributed by atoms with Gasteiger partial charge in [0.2, 0.25) is 0 Å². The first-order valence-corrected chi connectivity index (χ1v) is 6.29. The number of carbonyl (C=O) groups is 1. The van der Waals surface area contributed by atoms with E-state index in [1.807, 2.05) is 24.3 Å². The number of para-hydroxylation sites is 2. The van der Waals surface area contributed by atoms with E-state index in [0.717, 1.165) is 11.0 Å². The highest BCUT2D eigenvalue weighted by atomic mass is 16.2. The van der Waals surface area contributed by atoms with Gasteiger partial charge in [0.05, 0.1) is 17.6 Å². The minimum Gasteiger partial charge on any atom is -0.331 e. The maximum Gasteiger partial charge on any atom is 0.319 e. The maximum absolute atomic E-state index is 12.3. The van der Waals surface area contributed by atoms with Crippen LogP contribution in [0.5, 0.6) is 0 Å². The molecule has 0 unspecified atom stereocenters. The van der Waals surface area contributed by atoms with Crippen LogP contribution in [0.15, 0.2) is 29.1 Å². The highest BCUT2D eigenvalue weighted by Gasteiger charge is 2.15. The molecule has 20 heavy (non-hydrogen) atoms. The van der Waals surface area contributed by atoms with E-state index in [1.165, 1.54) is 9.80 Å². The van der Waals surface area contributed by atoms with E-state index in [1.54, 1.807) is 32.8 Å². The fourth-order valence-corrected chi connectivity index (χ4v) is 2.08. The third-order valence-electron chi connectivity index (χ3n) is 3.15. The van der Waals surface area contributed by atoms with E-state index >= 15 is 0 Å². The molecule has 6 nitrogen and oxygen atoms in total. The summed E-state index contributed by atoms with van der Waals surface area (Å²) in [6, 6.07) is 7.28. The largest absolute Gasteiger partial charge is 0.331 e. The molecule has 2 rings (SSSR count). The standard InChI is InChI=1S/C14H18N4O2/c1-16(2)14(20)17(3)9-11-13(19)18(4)12-8-6-5-7-10(12)15-11/h5-8H,9H2,1-4H3. The number of rotatable bonds is 2. The van der Waals surface area contributed by atoms with Crippen LogP contribution >= 0.6 is 0 Å². The van der Waals surface area contributed by atoms with Crippen molar-refractivity contribution >= 4 is 17.1 Å². The van der Waals surface area contributed by atoms with Crippen LogP contribution in [0, 0.1) is 0 Å². The van der Waals surface area contributed by atoms with Gasteiger partial charge >= 0.3 is 6.03 Å². The van der Waals surface area contributed by atoms with Crippen molar-refractivity contribution in [3.8, 4) is 0 Å². The molecular weight excluding hydrogens is 256 g/mol. The molecule has 1 aromatic heterocycles. The summed E-state index contributed by atoms with van der Waals surface area (Å²) in [6.45, 7) is 0.189. The predicted molar refractivity (Wildman–Crippen MR) is 77.5 cm³/mol. The van der Waals surface area contributed by atoms with E-state index in [2.05, 4.69) is 4.98 Å². The third-order valence-corrected chi connectivity index (χ3v) is 3.15. The highest BCUT2D eigenvalue weighted by molar-refractivity contribution is 5.75. The number of carbonyl (C=O) groups excluding carboxylic acids is 1. The lowest BCUT2D eigenvalue weighted by Crippen LogP contribution is -2.38. The van der Waals surface area contributed by atoms with E-state index < -0.39 is 0 Å². The van der Waals surface area contributed by atoms with Crippen molar-refractivity contribution in [1.82, 2.24) is 19.4 Å². The molecule has 0 spiro atoms. The van der Waals surface area contributed by atoms with Crippen LogP contribution < -0.4 is 5.56 Å². The topological polar surface area (TPSA) is 58.4 Å². The number of fused-ring (bicyclic) bond motifs is 1. The molecular formula is C14H18N4O2. The van der Waals surface area contributed by atoms with Gasteiger partial charge < -0.3 is 14.4 Å². The van der Waals surface area contributed by atoms with Crippen molar-refractivity contribution in [3.05, 3.63) is 40.3 Å². The molecule has 0 aliphatic heterocycles. The van der Waals surface area contributed by atoms with Gasteiger partial charge in [-0.3, -0.25) is 4.79 Å². The molecule has 0 N–H and O–H groups in total. The van der Waals surface area contributed by atoms with E-state index in [-0.39, 0.29) is 18.1 Å². The summed E-state index contributed by atoms with van der Waals surface area (Å²) in [5, 5.41) is 0. The van der Waals surface area contributed by atoms with Crippen molar-refractivity contribution in [2.45, 2.75) is 6.54 Å². The summed E-state index contributed by atoms with van der Waals surface area (Å²) in [5.41, 5.74) is 1.71. The zero-order chi connectivity index (χ0) is 14.9.